The van der Waals surface area contributed by atoms with Gasteiger partial charge in [0.25, 0.3) is 5.91 Å². The van der Waals surface area contributed by atoms with E-state index in [1.165, 1.54) is 0 Å². The van der Waals surface area contributed by atoms with Crippen LogP contribution in [-0.4, -0.2) is 29.6 Å². The quantitative estimate of drug-likeness (QED) is 0.687. The van der Waals surface area contributed by atoms with Crippen molar-refractivity contribution in [1.82, 2.24) is 5.32 Å². The number of carboxylic acids is 1. The highest BCUT2D eigenvalue weighted by Gasteiger charge is 2.23. The lowest BCUT2D eigenvalue weighted by Crippen LogP contribution is -2.44. The Bertz CT molecular complexity index is 482. The van der Waals surface area contributed by atoms with Crippen molar-refractivity contribution >= 4 is 11.9 Å². The highest BCUT2D eigenvalue weighted by atomic mass is 16.5. The van der Waals surface area contributed by atoms with Crippen LogP contribution in [0.3, 0.4) is 0 Å². The van der Waals surface area contributed by atoms with Gasteiger partial charge >= 0.3 is 5.97 Å². The van der Waals surface area contributed by atoms with Crippen molar-refractivity contribution in [3.05, 3.63) is 29.8 Å². The molecule has 0 bridgehead atoms. The first-order valence-electron chi connectivity index (χ1n) is 7.72. The first kappa shape index (κ1) is 18.0. The molecule has 0 radical (unpaired) electrons. The van der Waals surface area contributed by atoms with Crippen LogP contribution in [0.15, 0.2) is 24.3 Å². The summed E-state index contributed by atoms with van der Waals surface area (Å²) < 4.78 is 5.57. The van der Waals surface area contributed by atoms with Crippen molar-refractivity contribution in [2.24, 2.45) is 5.92 Å². The van der Waals surface area contributed by atoms with Gasteiger partial charge in [0.15, 0.2) is 0 Å². The summed E-state index contributed by atoms with van der Waals surface area (Å²) in [6.07, 6.45) is 3.28. The number of rotatable bonds is 9. The highest BCUT2D eigenvalue weighted by molar-refractivity contribution is 5.96. The molecule has 0 aliphatic carbocycles. The molecule has 0 spiro atoms. The fourth-order valence-electron chi connectivity index (χ4n) is 1.98. The minimum absolute atomic E-state index is 0.178. The van der Waals surface area contributed by atoms with Crippen LogP contribution in [0.25, 0.3) is 0 Å². The first-order chi connectivity index (χ1) is 10.5. The molecule has 1 rings (SSSR count). The Labute approximate surface area is 131 Å². The molecule has 22 heavy (non-hydrogen) atoms. The number of aliphatic carboxylic acids is 1. The van der Waals surface area contributed by atoms with E-state index in [9.17, 15) is 9.59 Å². The predicted molar refractivity (Wildman–Crippen MR) is 85.2 cm³/mol. The van der Waals surface area contributed by atoms with E-state index in [1.54, 1.807) is 38.1 Å². The van der Waals surface area contributed by atoms with Gasteiger partial charge in [0, 0.05) is 5.56 Å². The molecule has 0 saturated carbocycles. The molecule has 0 aliphatic heterocycles. The topological polar surface area (TPSA) is 75.6 Å². The minimum atomic E-state index is -1.03. The molecule has 5 nitrogen and oxygen atoms in total. The van der Waals surface area contributed by atoms with Gasteiger partial charge in [-0.1, -0.05) is 33.6 Å². The molecule has 0 fully saturated rings. The number of carbonyl (C=O) groups excluding carboxylic acids is 1. The zero-order valence-electron chi connectivity index (χ0n) is 13.5. The number of benzene rings is 1. The molecule has 1 aromatic carbocycles. The van der Waals surface area contributed by atoms with E-state index in [1.807, 2.05) is 0 Å². The van der Waals surface area contributed by atoms with E-state index >= 15 is 0 Å². The molecular weight excluding hydrogens is 282 g/mol. The van der Waals surface area contributed by atoms with Gasteiger partial charge in [0.2, 0.25) is 0 Å². The van der Waals surface area contributed by atoms with Crippen molar-refractivity contribution in [2.75, 3.05) is 6.61 Å². The van der Waals surface area contributed by atoms with Gasteiger partial charge in [-0.05, 0) is 36.6 Å². The summed E-state index contributed by atoms with van der Waals surface area (Å²) in [5.41, 5.74) is 0.424. The SMILES string of the molecule is CCCCCOc1ccc(C(=O)N[C@H](C(=O)O)C(C)C)cc1. The standard InChI is InChI=1S/C17H25NO4/c1-4-5-6-11-22-14-9-7-13(8-10-14)16(19)18-15(12(2)3)17(20)21/h7-10,12,15H,4-6,11H2,1-3H3,(H,18,19)(H,20,21)/t15-/m0/s1. The number of nitrogens with one attached hydrogen (secondary N) is 1. The Balaban J connectivity index is 2.58. The first-order valence-corrected chi connectivity index (χ1v) is 7.72. The van der Waals surface area contributed by atoms with Crippen LogP contribution >= 0.6 is 0 Å². The molecule has 0 saturated heterocycles. The van der Waals surface area contributed by atoms with Crippen LogP contribution in [0.1, 0.15) is 50.4 Å². The third kappa shape index (κ3) is 5.76. The number of ether oxygens (including phenoxy) is 1. The van der Waals surface area contributed by atoms with Crippen LogP contribution in [0.5, 0.6) is 5.75 Å². The van der Waals surface area contributed by atoms with E-state index in [-0.39, 0.29) is 5.92 Å². The fraction of sp³-hybridized carbons (Fsp3) is 0.529. The van der Waals surface area contributed by atoms with Crippen LogP contribution in [0.2, 0.25) is 0 Å². The number of carbonyl (C=O) groups is 2. The third-order valence-corrected chi connectivity index (χ3v) is 3.35. The maximum Gasteiger partial charge on any atom is 0.326 e. The molecule has 2 N–H and O–H groups in total. The summed E-state index contributed by atoms with van der Waals surface area (Å²) in [4.78, 5) is 23.2. The van der Waals surface area contributed by atoms with Crippen molar-refractivity contribution in [3.63, 3.8) is 0 Å². The van der Waals surface area contributed by atoms with Crippen molar-refractivity contribution in [1.29, 1.82) is 0 Å². The van der Waals surface area contributed by atoms with Gasteiger partial charge < -0.3 is 15.2 Å². The Morgan fingerprint density at radius 2 is 1.82 bits per heavy atom. The zero-order valence-corrected chi connectivity index (χ0v) is 13.5. The Kier molecular flexibility index (Phi) is 7.43. The monoisotopic (exact) mass is 307 g/mol. The lowest BCUT2D eigenvalue weighted by molar-refractivity contribution is -0.140. The molecule has 0 heterocycles. The molecule has 1 amide bonds. The normalized spacial score (nSPS) is 12.0. The lowest BCUT2D eigenvalue weighted by Gasteiger charge is -2.18. The van der Waals surface area contributed by atoms with Crippen LogP contribution in [0, 0.1) is 5.92 Å². The Morgan fingerprint density at radius 1 is 1.18 bits per heavy atom. The van der Waals surface area contributed by atoms with E-state index in [0.29, 0.717) is 17.9 Å². The molecule has 0 aromatic heterocycles. The molecular formula is C17H25NO4. The summed E-state index contributed by atoms with van der Waals surface area (Å²) in [6, 6.07) is 5.85. The average molecular weight is 307 g/mol. The second kappa shape index (κ2) is 9.07. The Morgan fingerprint density at radius 3 is 2.32 bits per heavy atom. The Hall–Kier alpha value is -2.04. The van der Waals surface area contributed by atoms with Crippen molar-refractivity contribution in [2.45, 2.75) is 46.1 Å². The van der Waals surface area contributed by atoms with E-state index in [0.717, 1.165) is 19.3 Å². The molecule has 0 aliphatic rings. The number of amides is 1. The fourth-order valence-corrected chi connectivity index (χ4v) is 1.98. The maximum absolute atomic E-state index is 12.1. The third-order valence-electron chi connectivity index (χ3n) is 3.35. The van der Waals surface area contributed by atoms with E-state index < -0.39 is 17.9 Å². The summed E-state index contributed by atoms with van der Waals surface area (Å²) in [7, 11) is 0. The van der Waals surface area contributed by atoms with E-state index in [2.05, 4.69) is 12.2 Å². The maximum atomic E-state index is 12.1. The molecule has 1 atom stereocenters. The number of unbranched alkanes of at least 4 members (excludes halogenated alkanes) is 2. The molecule has 5 heteroatoms. The van der Waals surface area contributed by atoms with Crippen LogP contribution < -0.4 is 10.1 Å². The number of hydrogen-bond acceptors (Lipinski definition) is 3. The molecule has 0 unspecified atom stereocenters. The predicted octanol–water partition coefficient (Wildman–Crippen LogP) is 3.09. The number of carboxylic acid groups (broad SMARTS) is 1. The van der Waals surface area contributed by atoms with Gasteiger partial charge in [0.1, 0.15) is 11.8 Å². The van der Waals surface area contributed by atoms with Gasteiger partial charge in [-0.15, -0.1) is 0 Å². The van der Waals surface area contributed by atoms with Gasteiger partial charge in [0.05, 0.1) is 6.61 Å². The van der Waals surface area contributed by atoms with E-state index in [4.69, 9.17) is 9.84 Å². The van der Waals surface area contributed by atoms with Gasteiger partial charge in [-0.3, -0.25) is 4.79 Å². The molecule has 122 valence electrons. The summed E-state index contributed by atoms with van der Waals surface area (Å²) in [5, 5.41) is 11.6. The van der Waals surface area contributed by atoms with Crippen LogP contribution in [-0.2, 0) is 4.79 Å². The minimum Gasteiger partial charge on any atom is -0.494 e. The van der Waals surface area contributed by atoms with Crippen LogP contribution in [0.4, 0.5) is 0 Å². The largest absolute Gasteiger partial charge is 0.494 e. The van der Waals surface area contributed by atoms with Gasteiger partial charge in [-0.25, -0.2) is 4.79 Å². The summed E-state index contributed by atoms with van der Waals surface area (Å²) >= 11 is 0. The van der Waals surface area contributed by atoms with Crippen molar-refractivity contribution < 1.29 is 19.4 Å². The van der Waals surface area contributed by atoms with Gasteiger partial charge in [-0.2, -0.15) is 0 Å². The lowest BCUT2D eigenvalue weighted by atomic mass is 10.0. The molecule has 1 aromatic rings. The second-order valence-corrected chi connectivity index (χ2v) is 5.61. The summed E-state index contributed by atoms with van der Waals surface area (Å²) in [5.74, 6) is -0.883. The smallest absolute Gasteiger partial charge is 0.326 e. The van der Waals surface area contributed by atoms with Crippen molar-refractivity contribution in [3.8, 4) is 5.75 Å². The average Bonchev–Trinajstić information content (AvgIpc) is 2.49. The second-order valence-electron chi connectivity index (χ2n) is 5.61. The number of hydrogen-bond donors (Lipinski definition) is 2. The summed E-state index contributed by atoms with van der Waals surface area (Å²) in [6.45, 7) is 6.31. The zero-order chi connectivity index (χ0) is 16.5. The highest BCUT2D eigenvalue weighted by Crippen LogP contribution is 2.13.